The number of fused-ring (bicyclic) bond motifs is 1. The van der Waals surface area contributed by atoms with Crippen LogP contribution in [0.15, 0.2) is 61.2 Å². The van der Waals surface area contributed by atoms with Crippen LogP contribution in [0.2, 0.25) is 0 Å². The first kappa shape index (κ1) is 9.72. The normalized spacial score (nSPS) is 10.9. The molecule has 0 saturated heterocycles. The summed E-state index contributed by atoms with van der Waals surface area (Å²) in [6.45, 7) is 3.70. The molecule has 0 N–H and O–H groups in total. The van der Waals surface area contributed by atoms with Crippen molar-refractivity contribution in [3.63, 3.8) is 0 Å². The van der Waals surface area contributed by atoms with Gasteiger partial charge in [-0.25, -0.2) is 0 Å². The van der Waals surface area contributed by atoms with Gasteiger partial charge in [-0.2, -0.15) is 0 Å². The fourth-order valence-corrected chi connectivity index (χ4v) is 1.69. The monoisotopic (exact) mass is 194 g/mol. The van der Waals surface area contributed by atoms with Crippen LogP contribution in [-0.2, 0) is 0 Å². The molecule has 0 amide bonds. The Morgan fingerprint density at radius 3 is 2.67 bits per heavy atom. The number of allylic oxidation sites excluding steroid dienone is 2. The van der Waals surface area contributed by atoms with Gasteiger partial charge in [-0.15, -0.1) is 6.58 Å². The van der Waals surface area contributed by atoms with E-state index in [1.165, 1.54) is 16.3 Å². The predicted octanol–water partition coefficient (Wildman–Crippen LogP) is 4.43. The van der Waals surface area contributed by atoms with E-state index in [0.717, 1.165) is 6.42 Å². The molecule has 0 nitrogen and oxygen atoms in total. The molecule has 2 aromatic carbocycles. The summed E-state index contributed by atoms with van der Waals surface area (Å²) < 4.78 is 0. The Kier molecular flexibility index (Phi) is 2.99. The average molecular weight is 194 g/mol. The molecule has 0 heteroatoms. The minimum atomic E-state index is 0.920. The zero-order valence-electron chi connectivity index (χ0n) is 8.69. The summed E-state index contributed by atoms with van der Waals surface area (Å²) in [5, 5.41) is 2.60. The topological polar surface area (TPSA) is 0 Å². The van der Waals surface area contributed by atoms with Gasteiger partial charge in [-0.3, -0.25) is 0 Å². The van der Waals surface area contributed by atoms with Gasteiger partial charge in [0.15, 0.2) is 0 Å². The lowest BCUT2D eigenvalue weighted by atomic mass is 10.0. The van der Waals surface area contributed by atoms with Crippen LogP contribution in [0.3, 0.4) is 0 Å². The highest BCUT2D eigenvalue weighted by atomic mass is 14.0. The summed E-state index contributed by atoms with van der Waals surface area (Å²) in [4.78, 5) is 0. The van der Waals surface area contributed by atoms with Crippen LogP contribution in [0.25, 0.3) is 16.8 Å². The molecule has 0 aliphatic rings. The highest BCUT2D eigenvalue weighted by molar-refractivity contribution is 5.90. The van der Waals surface area contributed by atoms with Gasteiger partial charge in [0.1, 0.15) is 0 Å². The standard InChI is InChI=1S/C15H14/c1-2-3-4-8-13-10-7-11-14-9-5-6-12-15(13)14/h2,4-12H,1,3H2/b8-4+. The third kappa shape index (κ3) is 2.16. The molecule has 74 valence electrons. The highest BCUT2D eigenvalue weighted by Gasteiger charge is 1.94. The van der Waals surface area contributed by atoms with E-state index in [-0.39, 0.29) is 0 Å². The van der Waals surface area contributed by atoms with Crippen LogP contribution in [0.5, 0.6) is 0 Å². The maximum atomic E-state index is 3.70. The van der Waals surface area contributed by atoms with E-state index in [0.29, 0.717) is 0 Å². The van der Waals surface area contributed by atoms with E-state index in [2.05, 4.69) is 61.2 Å². The Bertz CT molecular complexity index is 487. The molecule has 0 heterocycles. The van der Waals surface area contributed by atoms with Crippen molar-refractivity contribution in [3.05, 3.63) is 66.8 Å². The number of benzene rings is 2. The Morgan fingerprint density at radius 1 is 1.00 bits per heavy atom. The lowest BCUT2D eigenvalue weighted by Gasteiger charge is -2.01. The summed E-state index contributed by atoms with van der Waals surface area (Å²) in [5.41, 5.74) is 1.27. The van der Waals surface area contributed by atoms with Crippen molar-refractivity contribution in [3.8, 4) is 0 Å². The number of rotatable bonds is 3. The van der Waals surface area contributed by atoms with Gasteiger partial charge >= 0.3 is 0 Å². The molecule has 2 rings (SSSR count). The Morgan fingerprint density at radius 2 is 1.80 bits per heavy atom. The number of hydrogen-bond acceptors (Lipinski definition) is 0. The van der Waals surface area contributed by atoms with Crippen molar-refractivity contribution in [2.75, 3.05) is 0 Å². The van der Waals surface area contributed by atoms with Crippen molar-refractivity contribution in [2.45, 2.75) is 6.42 Å². The molecule has 0 atom stereocenters. The van der Waals surface area contributed by atoms with Gasteiger partial charge in [-0.1, -0.05) is 60.7 Å². The van der Waals surface area contributed by atoms with Crippen LogP contribution in [0.1, 0.15) is 12.0 Å². The first-order chi connectivity index (χ1) is 7.42. The van der Waals surface area contributed by atoms with Crippen LogP contribution >= 0.6 is 0 Å². The minimum absolute atomic E-state index is 0.920. The van der Waals surface area contributed by atoms with Crippen molar-refractivity contribution in [2.24, 2.45) is 0 Å². The van der Waals surface area contributed by atoms with E-state index in [1.54, 1.807) is 0 Å². The van der Waals surface area contributed by atoms with Crippen molar-refractivity contribution in [1.82, 2.24) is 0 Å². The minimum Gasteiger partial charge on any atom is -0.103 e. The quantitative estimate of drug-likeness (QED) is 0.634. The van der Waals surface area contributed by atoms with E-state index < -0.39 is 0 Å². The fourth-order valence-electron chi connectivity index (χ4n) is 1.69. The highest BCUT2D eigenvalue weighted by Crippen LogP contribution is 2.19. The first-order valence-corrected chi connectivity index (χ1v) is 5.17. The Hall–Kier alpha value is -1.82. The van der Waals surface area contributed by atoms with Gasteiger partial charge in [0, 0.05) is 0 Å². The zero-order valence-corrected chi connectivity index (χ0v) is 8.69. The van der Waals surface area contributed by atoms with Gasteiger partial charge < -0.3 is 0 Å². The second kappa shape index (κ2) is 4.61. The second-order valence-corrected chi connectivity index (χ2v) is 3.50. The van der Waals surface area contributed by atoms with Gasteiger partial charge in [0.25, 0.3) is 0 Å². The van der Waals surface area contributed by atoms with Crippen LogP contribution in [0.4, 0.5) is 0 Å². The Balaban J connectivity index is 2.46. The molecule has 0 saturated carbocycles. The summed E-state index contributed by atoms with van der Waals surface area (Å²) in [6, 6.07) is 14.8. The smallest absolute Gasteiger partial charge is 0.0112 e. The van der Waals surface area contributed by atoms with Crippen LogP contribution < -0.4 is 0 Å². The SMILES string of the molecule is C=CC/C=C/c1cccc2ccccc12. The third-order valence-electron chi connectivity index (χ3n) is 2.42. The average Bonchev–Trinajstić information content (AvgIpc) is 2.30. The molecule has 0 unspecified atom stereocenters. The maximum Gasteiger partial charge on any atom is -0.0112 e. The zero-order chi connectivity index (χ0) is 10.5. The third-order valence-corrected chi connectivity index (χ3v) is 2.42. The fraction of sp³-hybridized carbons (Fsp3) is 0.0667. The van der Waals surface area contributed by atoms with Gasteiger partial charge in [0.05, 0.1) is 0 Å². The second-order valence-electron chi connectivity index (χ2n) is 3.50. The van der Waals surface area contributed by atoms with E-state index in [4.69, 9.17) is 0 Å². The van der Waals surface area contributed by atoms with Crippen molar-refractivity contribution < 1.29 is 0 Å². The van der Waals surface area contributed by atoms with Crippen LogP contribution in [-0.4, -0.2) is 0 Å². The van der Waals surface area contributed by atoms with Crippen molar-refractivity contribution in [1.29, 1.82) is 0 Å². The van der Waals surface area contributed by atoms with Crippen molar-refractivity contribution >= 4 is 16.8 Å². The predicted molar refractivity (Wildman–Crippen MR) is 67.8 cm³/mol. The molecular formula is C15H14. The summed E-state index contributed by atoms with van der Waals surface area (Å²) >= 11 is 0. The van der Waals surface area contributed by atoms with Gasteiger partial charge in [0.2, 0.25) is 0 Å². The van der Waals surface area contributed by atoms with E-state index >= 15 is 0 Å². The lowest BCUT2D eigenvalue weighted by Crippen LogP contribution is -1.76. The molecular weight excluding hydrogens is 180 g/mol. The molecule has 0 bridgehead atoms. The number of hydrogen-bond donors (Lipinski definition) is 0. The Labute approximate surface area is 90.6 Å². The molecule has 0 aromatic heterocycles. The molecule has 0 radical (unpaired) electrons. The molecule has 15 heavy (non-hydrogen) atoms. The van der Waals surface area contributed by atoms with E-state index in [1.807, 2.05) is 6.08 Å². The lowest BCUT2D eigenvalue weighted by molar-refractivity contribution is 1.42. The molecule has 0 aliphatic heterocycles. The molecule has 0 aliphatic carbocycles. The summed E-state index contributed by atoms with van der Waals surface area (Å²) in [6.07, 6.45) is 7.11. The largest absolute Gasteiger partial charge is 0.103 e. The molecule has 0 spiro atoms. The first-order valence-electron chi connectivity index (χ1n) is 5.17. The van der Waals surface area contributed by atoms with Crippen LogP contribution in [0, 0.1) is 0 Å². The molecule has 0 fully saturated rings. The molecule has 2 aromatic rings. The van der Waals surface area contributed by atoms with E-state index in [9.17, 15) is 0 Å². The maximum absolute atomic E-state index is 3.70. The summed E-state index contributed by atoms with van der Waals surface area (Å²) in [7, 11) is 0. The van der Waals surface area contributed by atoms with Gasteiger partial charge in [-0.05, 0) is 22.8 Å². The summed E-state index contributed by atoms with van der Waals surface area (Å²) in [5.74, 6) is 0.